The summed E-state index contributed by atoms with van der Waals surface area (Å²) in [7, 11) is -3.48. The summed E-state index contributed by atoms with van der Waals surface area (Å²) < 4.78 is 26.7. The van der Waals surface area contributed by atoms with Crippen LogP contribution in [0.25, 0.3) is 0 Å². The molecule has 3 nitrogen and oxygen atoms in total. The van der Waals surface area contributed by atoms with Gasteiger partial charge < -0.3 is 4.52 Å². The van der Waals surface area contributed by atoms with Crippen LogP contribution in [-0.2, 0) is 9.09 Å². The molecule has 2 aliphatic carbocycles. The molecule has 2 aromatic rings. The lowest BCUT2D eigenvalue weighted by Gasteiger charge is -2.24. The van der Waals surface area contributed by atoms with Gasteiger partial charge in [-0.1, -0.05) is 128 Å². The van der Waals surface area contributed by atoms with Crippen molar-refractivity contribution in [2.24, 2.45) is 0 Å². The zero-order valence-corrected chi connectivity index (χ0v) is 26.2. The summed E-state index contributed by atoms with van der Waals surface area (Å²) in [5.41, 5.74) is 2.74. The van der Waals surface area contributed by atoms with Crippen molar-refractivity contribution in [2.75, 3.05) is 6.61 Å². The highest BCUT2D eigenvalue weighted by atomic mass is 31.2. The number of hydrogen-bond donors (Lipinski definition) is 0. The smallest absolute Gasteiger partial charge is 0.410 e. The second kappa shape index (κ2) is 17.4. The molecule has 0 amide bonds. The summed E-state index contributed by atoms with van der Waals surface area (Å²) in [5, 5.41) is 0.676. The van der Waals surface area contributed by atoms with Crippen LogP contribution in [0.1, 0.15) is 158 Å². The second-order valence-electron chi connectivity index (χ2n) is 12.4. The van der Waals surface area contributed by atoms with E-state index in [1.165, 1.54) is 127 Å². The van der Waals surface area contributed by atoms with Crippen molar-refractivity contribution < 1.29 is 13.6 Å². The van der Waals surface area contributed by atoms with E-state index in [0.717, 1.165) is 12.8 Å². The second-order valence-corrected chi connectivity index (χ2v) is 14.4. The SMILES string of the molecule is CCCCCCCCCCCCOP(=O)(Oc1ccc(C2CCCCC2)cc1)c1ccc(C2CCCCC2)cc1. The third kappa shape index (κ3) is 10.1. The molecule has 0 aromatic heterocycles. The topological polar surface area (TPSA) is 35.5 Å². The van der Waals surface area contributed by atoms with Crippen LogP contribution in [0.3, 0.4) is 0 Å². The Hall–Kier alpha value is -1.57. The first-order valence-electron chi connectivity index (χ1n) is 16.8. The third-order valence-corrected chi connectivity index (χ3v) is 11.1. The molecule has 0 bridgehead atoms. The lowest BCUT2D eigenvalue weighted by Crippen LogP contribution is -2.14. The van der Waals surface area contributed by atoms with E-state index >= 15 is 0 Å². The summed E-state index contributed by atoms with van der Waals surface area (Å²) in [6.07, 6.45) is 25.7. The van der Waals surface area contributed by atoms with Gasteiger partial charge in [0.25, 0.3) is 0 Å². The first kappa shape index (κ1) is 31.4. The van der Waals surface area contributed by atoms with Crippen molar-refractivity contribution >= 4 is 12.9 Å². The first-order chi connectivity index (χ1) is 19.7. The van der Waals surface area contributed by atoms with Gasteiger partial charge in [0.05, 0.1) is 11.9 Å². The molecule has 0 aliphatic heterocycles. The Kier molecular flexibility index (Phi) is 13.6. The minimum Gasteiger partial charge on any atom is -0.421 e. The summed E-state index contributed by atoms with van der Waals surface area (Å²) in [4.78, 5) is 0. The van der Waals surface area contributed by atoms with Crippen LogP contribution in [0.15, 0.2) is 48.5 Å². The predicted octanol–water partition coefficient (Wildman–Crippen LogP) is 11.6. The van der Waals surface area contributed by atoms with Crippen molar-refractivity contribution in [1.82, 2.24) is 0 Å². The molecular weight excluding hydrogens is 511 g/mol. The maximum atomic E-state index is 14.3. The molecule has 0 N–H and O–H groups in total. The molecule has 40 heavy (non-hydrogen) atoms. The minimum absolute atomic E-state index is 0.471. The van der Waals surface area contributed by atoms with Gasteiger partial charge in [0, 0.05) is 0 Å². The van der Waals surface area contributed by atoms with Gasteiger partial charge >= 0.3 is 7.60 Å². The zero-order valence-electron chi connectivity index (χ0n) is 25.3. The Morgan fingerprint density at radius 2 is 1.05 bits per heavy atom. The molecule has 0 saturated heterocycles. The van der Waals surface area contributed by atoms with E-state index < -0.39 is 7.60 Å². The molecule has 2 fully saturated rings. The number of benzene rings is 2. The van der Waals surface area contributed by atoms with Gasteiger partial charge in [-0.2, -0.15) is 0 Å². The molecule has 2 aliphatic rings. The Bertz CT molecular complexity index is 988. The van der Waals surface area contributed by atoms with Crippen molar-refractivity contribution in [1.29, 1.82) is 0 Å². The van der Waals surface area contributed by atoms with Crippen LogP contribution in [0.5, 0.6) is 5.75 Å². The molecule has 222 valence electrons. The summed E-state index contributed by atoms with van der Waals surface area (Å²) in [6.45, 7) is 2.74. The van der Waals surface area contributed by atoms with Crippen molar-refractivity contribution in [3.63, 3.8) is 0 Å². The Morgan fingerprint density at radius 3 is 1.55 bits per heavy atom. The van der Waals surface area contributed by atoms with E-state index in [1.54, 1.807) is 0 Å². The monoisotopic (exact) mass is 566 g/mol. The van der Waals surface area contributed by atoms with Crippen molar-refractivity contribution in [3.05, 3.63) is 59.7 Å². The fraction of sp³-hybridized carbons (Fsp3) is 0.667. The van der Waals surface area contributed by atoms with E-state index in [0.29, 0.717) is 29.5 Å². The van der Waals surface area contributed by atoms with E-state index in [2.05, 4.69) is 31.2 Å². The van der Waals surface area contributed by atoms with Gasteiger partial charge in [-0.3, -0.25) is 4.52 Å². The maximum absolute atomic E-state index is 14.3. The highest BCUT2D eigenvalue weighted by Crippen LogP contribution is 2.48. The zero-order chi connectivity index (χ0) is 27.9. The average Bonchev–Trinajstić information content (AvgIpc) is 3.01. The van der Waals surface area contributed by atoms with Gasteiger partial charge in [-0.25, -0.2) is 4.57 Å². The Labute approximate surface area is 245 Å². The van der Waals surface area contributed by atoms with E-state index in [-0.39, 0.29) is 0 Å². The minimum atomic E-state index is -3.48. The maximum Gasteiger partial charge on any atom is 0.410 e. The standard InChI is InChI=1S/C36H55O3P/c1-2-3-4-5-6-7-8-9-10-17-30-38-40(37,36-28-24-34(25-29-36)32-20-15-12-16-21-32)39-35-26-22-33(23-27-35)31-18-13-11-14-19-31/h22-29,31-32H,2-21,30H2,1H3. The van der Waals surface area contributed by atoms with Gasteiger partial charge in [-0.05, 0) is 79.3 Å². The van der Waals surface area contributed by atoms with Gasteiger partial charge in [-0.15, -0.1) is 0 Å². The Balaban J connectivity index is 1.33. The fourth-order valence-corrected chi connectivity index (χ4v) is 8.26. The molecule has 2 aromatic carbocycles. The summed E-state index contributed by atoms with van der Waals surface area (Å²) >= 11 is 0. The molecule has 2 saturated carbocycles. The van der Waals surface area contributed by atoms with Crippen LogP contribution in [0, 0.1) is 0 Å². The molecule has 4 heteroatoms. The third-order valence-electron chi connectivity index (χ3n) is 9.23. The largest absolute Gasteiger partial charge is 0.421 e. The van der Waals surface area contributed by atoms with Crippen molar-refractivity contribution in [2.45, 2.75) is 147 Å². The van der Waals surface area contributed by atoms with E-state index in [9.17, 15) is 4.57 Å². The van der Waals surface area contributed by atoms with E-state index in [4.69, 9.17) is 9.05 Å². The van der Waals surface area contributed by atoms with Crippen LogP contribution >= 0.6 is 7.60 Å². The summed E-state index contributed by atoms with van der Waals surface area (Å²) in [6, 6.07) is 16.7. The highest BCUT2D eigenvalue weighted by Gasteiger charge is 2.30. The average molecular weight is 567 g/mol. The molecule has 0 radical (unpaired) electrons. The Morgan fingerprint density at radius 1 is 0.600 bits per heavy atom. The molecule has 0 heterocycles. The molecular formula is C36H55O3P. The summed E-state index contributed by atoms with van der Waals surface area (Å²) in [5.74, 6) is 1.92. The highest BCUT2D eigenvalue weighted by molar-refractivity contribution is 7.62. The van der Waals surface area contributed by atoms with Gasteiger partial charge in [0.15, 0.2) is 0 Å². The fourth-order valence-electron chi connectivity index (χ4n) is 6.67. The van der Waals surface area contributed by atoms with Gasteiger partial charge in [0.2, 0.25) is 0 Å². The predicted molar refractivity (Wildman–Crippen MR) is 170 cm³/mol. The molecule has 4 rings (SSSR count). The number of unbranched alkanes of at least 4 members (excludes halogenated alkanes) is 9. The lowest BCUT2D eigenvalue weighted by molar-refractivity contribution is 0.266. The van der Waals surface area contributed by atoms with Crippen LogP contribution < -0.4 is 9.83 Å². The van der Waals surface area contributed by atoms with Crippen molar-refractivity contribution in [3.8, 4) is 5.75 Å². The lowest BCUT2D eigenvalue weighted by atomic mass is 9.84. The van der Waals surface area contributed by atoms with E-state index in [1.807, 2.05) is 24.3 Å². The first-order valence-corrected chi connectivity index (χ1v) is 18.4. The number of rotatable bonds is 17. The molecule has 1 unspecified atom stereocenters. The van der Waals surface area contributed by atoms with Crippen LogP contribution in [-0.4, -0.2) is 6.61 Å². The van der Waals surface area contributed by atoms with Crippen LogP contribution in [0.4, 0.5) is 0 Å². The molecule has 0 spiro atoms. The van der Waals surface area contributed by atoms with Crippen LogP contribution in [0.2, 0.25) is 0 Å². The van der Waals surface area contributed by atoms with Gasteiger partial charge in [0.1, 0.15) is 5.75 Å². The normalized spacial score (nSPS) is 18.4. The number of hydrogen-bond acceptors (Lipinski definition) is 3. The molecule has 1 atom stereocenters. The quantitative estimate of drug-likeness (QED) is 0.141.